The van der Waals surface area contributed by atoms with E-state index in [4.69, 9.17) is 11.6 Å². The van der Waals surface area contributed by atoms with Gasteiger partial charge in [0, 0.05) is 6.04 Å². The minimum absolute atomic E-state index is 0.193. The van der Waals surface area contributed by atoms with Crippen molar-refractivity contribution in [2.75, 3.05) is 6.54 Å². The van der Waals surface area contributed by atoms with Gasteiger partial charge in [-0.2, -0.15) is 0 Å². The van der Waals surface area contributed by atoms with E-state index >= 15 is 0 Å². The molecule has 0 aliphatic carbocycles. The molecule has 1 aromatic carbocycles. The second-order valence-corrected chi connectivity index (χ2v) is 3.38. The average molecular weight is 186 g/mol. The number of benzene rings is 1. The van der Waals surface area contributed by atoms with Crippen molar-refractivity contribution in [1.82, 2.24) is 5.32 Å². The van der Waals surface area contributed by atoms with Crippen molar-refractivity contribution in [3.8, 4) is 0 Å². The monoisotopic (exact) mass is 185 g/mol. The van der Waals surface area contributed by atoms with Gasteiger partial charge in [0.05, 0.1) is 5.02 Å². The van der Waals surface area contributed by atoms with Crippen molar-refractivity contribution in [2.45, 2.75) is 12.5 Å². The van der Waals surface area contributed by atoms with Gasteiger partial charge in [0.25, 0.3) is 0 Å². The highest BCUT2D eigenvalue weighted by molar-refractivity contribution is 6.30. The molecule has 2 rings (SSSR count). The summed E-state index contributed by atoms with van der Waals surface area (Å²) in [6.45, 7) is 1.02. The van der Waals surface area contributed by atoms with E-state index in [-0.39, 0.29) is 10.8 Å². The maximum absolute atomic E-state index is 12.9. The van der Waals surface area contributed by atoms with Crippen LogP contribution in [-0.2, 0) is 0 Å². The average Bonchev–Trinajstić information content (AvgIpc) is 1.93. The van der Waals surface area contributed by atoms with Crippen LogP contribution in [0.5, 0.6) is 0 Å². The van der Waals surface area contributed by atoms with Gasteiger partial charge in [-0.25, -0.2) is 4.39 Å². The van der Waals surface area contributed by atoms with Crippen molar-refractivity contribution in [1.29, 1.82) is 0 Å². The first-order valence-electron chi connectivity index (χ1n) is 3.96. The highest BCUT2D eigenvalue weighted by Crippen LogP contribution is 2.25. The number of rotatable bonds is 1. The normalized spacial score (nSPS) is 22.0. The van der Waals surface area contributed by atoms with Crippen molar-refractivity contribution in [3.05, 3.63) is 34.6 Å². The summed E-state index contributed by atoms with van der Waals surface area (Å²) in [7, 11) is 0. The maximum Gasteiger partial charge on any atom is 0.142 e. The lowest BCUT2D eigenvalue weighted by atomic mass is 9.98. The molecule has 0 bridgehead atoms. The van der Waals surface area contributed by atoms with Gasteiger partial charge in [-0.05, 0) is 30.7 Å². The van der Waals surface area contributed by atoms with E-state index in [1.807, 2.05) is 6.07 Å². The van der Waals surface area contributed by atoms with Crippen LogP contribution in [0.25, 0.3) is 0 Å². The van der Waals surface area contributed by atoms with Gasteiger partial charge in [0.2, 0.25) is 0 Å². The Kier molecular flexibility index (Phi) is 2.03. The Labute approximate surface area is 75.5 Å². The topological polar surface area (TPSA) is 12.0 Å². The van der Waals surface area contributed by atoms with E-state index in [1.54, 1.807) is 6.07 Å². The molecule has 0 amide bonds. The molecule has 1 aliphatic rings. The third-order valence-electron chi connectivity index (χ3n) is 2.17. The molecule has 0 radical (unpaired) electrons. The first-order chi connectivity index (χ1) is 5.77. The summed E-state index contributed by atoms with van der Waals surface area (Å²) < 4.78 is 12.9. The molecule has 1 N–H and O–H groups in total. The van der Waals surface area contributed by atoms with Gasteiger partial charge in [-0.3, -0.25) is 0 Å². The lowest BCUT2D eigenvalue weighted by Crippen LogP contribution is -2.34. The lowest BCUT2D eigenvalue weighted by Gasteiger charge is -2.28. The van der Waals surface area contributed by atoms with Crippen LogP contribution in [-0.4, -0.2) is 6.54 Å². The van der Waals surface area contributed by atoms with Gasteiger partial charge in [-0.15, -0.1) is 0 Å². The third kappa shape index (κ3) is 1.32. The van der Waals surface area contributed by atoms with Gasteiger partial charge in [0.15, 0.2) is 0 Å². The largest absolute Gasteiger partial charge is 0.310 e. The van der Waals surface area contributed by atoms with Crippen LogP contribution in [0.1, 0.15) is 18.0 Å². The summed E-state index contributed by atoms with van der Waals surface area (Å²) in [6, 6.07) is 5.30. The number of nitrogens with one attached hydrogen (secondary N) is 1. The Balaban J connectivity index is 2.27. The number of hydrogen-bond acceptors (Lipinski definition) is 1. The molecule has 1 atom stereocenters. The Morgan fingerprint density at radius 3 is 2.75 bits per heavy atom. The molecule has 3 heteroatoms. The maximum atomic E-state index is 12.9. The quantitative estimate of drug-likeness (QED) is 0.709. The molecule has 0 spiro atoms. The van der Waals surface area contributed by atoms with Crippen molar-refractivity contribution in [2.24, 2.45) is 0 Å². The predicted octanol–water partition coefficient (Wildman–Crippen LogP) is 2.51. The zero-order chi connectivity index (χ0) is 8.55. The van der Waals surface area contributed by atoms with Gasteiger partial charge >= 0.3 is 0 Å². The molecule has 1 heterocycles. The van der Waals surface area contributed by atoms with Crippen LogP contribution in [0.15, 0.2) is 18.2 Å². The van der Waals surface area contributed by atoms with E-state index in [9.17, 15) is 4.39 Å². The smallest absolute Gasteiger partial charge is 0.142 e. The second kappa shape index (κ2) is 3.04. The summed E-state index contributed by atoms with van der Waals surface area (Å²) in [5.41, 5.74) is 0.989. The van der Waals surface area contributed by atoms with Crippen LogP contribution in [0, 0.1) is 5.82 Å². The van der Waals surface area contributed by atoms with Gasteiger partial charge in [-0.1, -0.05) is 17.7 Å². The first-order valence-corrected chi connectivity index (χ1v) is 4.33. The Bertz CT molecular complexity index is 297. The molecule has 1 aliphatic heterocycles. The van der Waals surface area contributed by atoms with E-state index in [1.165, 1.54) is 6.07 Å². The third-order valence-corrected chi connectivity index (χ3v) is 2.48. The van der Waals surface area contributed by atoms with Crippen molar-refractivity contribution < 1.29 is 4.39 Å². The van der Waals surface area contributed by atoms with Gasteiger partial charge < -0.3 is 5.32 Å². The molecule has 0 saturated carbocycles. The highest BCUT2D eigenvalue weighted by atomic mass is 35.5. The lowest BCUT2D eigenvalue weighted by molar-refractivity contribution is 0.382. The minimum atomic E-state index is -0.331. The molecule has 12 heavy (non-hydrogen) atoms. The summed E-state index contributed by atoms with van der Waals surface area (Å²) in [6.07, 6.45) is 1.08. The fraction of sp³-hybridized carbons (Fsp3) is 0.333. The van der Waals surface area contributed by atoms with E-state index in [0.29, 0.717) is 6.04 Å². The fourth-order valence-corrected chi connectivity index (χ4v) is 1.42. The van der Waals surface area contributed by atoms with Crippen molar-refractivity contribution in [3.63, 3.8) is 0 Å². The molecule has 1 unspecified atom stereocenters. The molecule has 1 saturated heterocycles. The second-order valence-electron chi connectivity index (χ2n) is 2.97. The molecule has 0 aromatic heterocycles. The standard InChI is InChI=1S/C9H9ClFN/c10-7-2-1-6(5-8(7)11)9-3-4-12-9/h1-2,5,9,12H,3-4H2. The molecular weight excluding hydrogens is 177 g/mol. The predicted molar refractivity (Wildman–Crippen MR) is 46.8 cm³/mol. The SMILES string of the molecule is Fc1cc(C2CCN2)ccc1Cl. The van der Waals surface area contributed by atoms with Crippen LogP contribution in [0.3, 0.4) is 0 Å². The van der Waals surface area contributed by atoms with Gasteiger partial charge in [0.1, 0.15) is 5.82 Å². The molecule has 64 valence electrons. The highest BCUT2D eigenvalue weighted by Gasteiger charge is 2.18. The summed E-state index contributed by atoms with van der Waals surface area (Å²) >= 11 is 5.55. The van der Waals surface area contributed by atoms with Crippen LogP contribution < -0.4 is 5.32 Å². The van der Waals surface area contributed by atoms with Crippen LogP contribution in [0.4, 0.5) is 4.39 Å². The van der Waals surface area contributed by atoms with Crippen LogP contribution in [0.2, 0.25) is 5.02 Å². The summed E-state index contributed by atoms with van der Waals surface area (Å²) in [4.78, 5) is 0. The first kappa shape index (κ1) is 8.02. The molecule has 1 nitrogen and oxygen atoms in total. The molecular formula is C9H9ClFN. The Morgan fingerprint density at radius 2 is 2.25 bits per heavy atom. The zero-order valence-corrected chi connectivity index (χ0v) is 7.24. The summed E-state index contributed by atoms with van der Waals surface area (Å²) in [5.74, 6) is -0.331. The fourth-order valence-electron chi connectivity index (χ4n) is 1.30. The Morgan fingerprint density at radius 1 is 1.50 bits per heavy atom. The van der Waals surface area contributed by atoms with E-state index < -0.39 is 0 Å². The number of hydrogen-bond donors (Lipinski definition) is 1. The number of halogens is 2. The molecule has 1 fully saturated rings. The Hall–Kier alpha value is -0.600. The van der Waals surface area contributed by atoms with E-state index in [2.05, 4.69) is 5.32 Å². The summed E-state index contributed by atoms with van der Waals surface area (Å²) in [5, 5.41) is 3.39. The van der Waals surface area contributed by atoms with Crippen molar-refractivity contribution >= 4 is 11.6 Å². The zero-order valence-electron chi connectivity index (χ0n) is 6.48. The van der Waals surface area contributed by atoms with E-state index in [0.717, 1.165) is 18.5 Å². The minimum Gasteiger partial charge on any atom is -0.310 e. The van der Waals surface area contributed by atoms with Crippen LogP contribution >= 0.6 is 11.6 Å². The molecule has 1 aromatic rings.